The average Bonchev–Trinajstić information content (AvgIpc) is 3.29. The number of hydrogen-bond acceptors (Lipinski definition) is 6. The van der Waals surface area contributed by atoms with E-state index in [0.717, 1.165) is 5.56 Å². The molecule has 4 rings (SSSR count). The number of nitro benzene ring substituents is 1. The van der Waals surface area contributed by atoms with Crippen molar-refractivity contribution in [3.63, 3.8) is 0 Å². The molecule has 1 unspecified atom stereocenters. The molecular weight excluding hydrogens is 437 g/mol. The number of ether oxygens (including phenoxy) is 1. The van der Waals surface area contributed by atoms with Crippen molar-refractivity contribution in [2.45, 2.75) is 13.0 Å². The molecule has 2 heterocycles. The highest BCUT2D eigenvalue weighted by Gasteiger charge is 2.33. The number of hydrogen-bond donors (Lipinski definition) is 3. The summed E-state index contributed by atoms with van der Waals surface area (Å²) in [5, 5.41) is 31.1. The molecule has 164 valence electrons. The van der Waals surface area contributed by atoms with E-state index < -0.39 is 34.3 Å². The Morgan fingerprint density at radius 3 is 2.59 bits per heavy atom. The number of phenolic OH excluding ortho intramolecular Hbond substituents is 1. The standard InChI is InChI=1S/C22H18FN3O5S/c1-2-31-17-10-14(9-16(21(17)27)26(29)30)20-18(13-7-8-32-11-13)19(24-22(28)25-20)12-3-5-15(23)6-4-12/h3-11,20,27H,2H2,1H3,(H2,24,25,28). The number of thiophene rings is 1. The Bertz CT molecular complexity index is 1210. The molecule has 0 fully saturated rings. The summed E-state index contributed by atoms with van der Waals surface area (Å²) in [6, 6.07) is 8.88. The van der Waals surface area contributed by atoms with Gasteiger partial charge in [-0.25, -0.2) is 9.18 Å². The molecular formula is C22H18FN3O5S. The molecule has 1 atom stereocenters. The third-order valence-electron chi connectivity index (χ3n) is 4.94. The first-order valence-corrected chi connectivity index (χ1v) is 10.6. The molecule has 10 heteroatoms. The summed E-state index contributed by atoms with van der Waals surface area (Å²) in [6.45, 7) is 1.87. The number of nitrogens with one attached hydrogen (secondary N) is 2. The number of rotatable bonds is 6. The molecule has 0 saturated heterocycles. The van der Waals surface area contributed by atoms with Gasteiger partial charge in [0.1, 0.15) is 5.82 Å². The SMILES string of the molecule is CCOc1cc(C2NC(=O)NC(c3ccc(F)cc3)=C2c2ccsc2)cc([N+](=O)[O-])c1O. The van der Waals surface area contributed by atoms with E-state index in [-0.39, 0.29) is 12.4 Å². The summed E-state index contributed by atoms with van der Waals surface area (Å²) in [7, 11) is 0. The lowest BCUT2D eigenvalue weighted by Gasteiger charge is -2.31. The molecule has 0 bridgehead atoms. The van der Waals surface area contributed by atoms with Crippen LogP contribution in [0.5, 0.6) is 11.5 Å². The van der Waals surface area contributed by atoms with Crippen molar-refractivity contribution in [3.8, 4) is 11.5 Å². The van der Waals surface area contributed by atoms with Crippen LogP contribution in [0.4, 0.5) is 14.9 Å². The third kappa shape index (κ3) is 4.00. The molecule has 1 aliphatic heterocycles. The summed E-state index contributed by atoms with van der Waals surface area (Å²) in [5.41, 5.74) is 2.26. The van der Waals surface area contributed by atoms with Gasteiger partial charge in [-0.3, -0.25) is 10.1 Å². The van der Waals surface area contributed by atoms with E-state index in [1.807, 2.05) is 16.8 Å². The summed E-state index contributed by atoms with van der Waals surface area (Å²) >= 11 is 1.45. The van der Waals surface area contributed by atoms with Crippen LogP contribution in [0.2, 0.25) is 0 Å². The number of benzene rings is 2. The van der Waals surface area contributed by atoms with Gasteiger partial charge in [-0.2, -0.15) is 11.3 Å². The smallest absolute Gasteiger partial charge is 0.320 e. The van der Waals surface area contributed by atoms with E-state index in [0.29, 0.717) is 22.4 Å². The zero-order valence-electron chi connectivity index (χ0n) is 16.8. The molecule has 0 aliphatic carbocycles. The number of aromatic hydroxyl groups is 1. The van der Waals surface area contributed by atoms with Gasteiger partial charge in [0.2, 0.25) is 5.75 Å². The first-order valence-electron chi connectivity index (χ1n) is 9.63. The topological polar surface area (TPSA) is 114 Å². The first kappa shape index (κ1) is 21.3. The molecule has 3 aromatic rings. The van der Waals surface area contributed by atoms with Gasteiger partial charge in [-0.1, -0.05) is 0 Å². The highest BCUT2D eigenvalue weighted by molar-refractivity contribution is 7.08. The van der Waals surface area contributed by atoms with E-state index in [4.69, 9.17) is 4.74 Å². The molecule has 8 nitrogen and oxygen atoms in total. The van der Waals surface area contributed by atoms with Gasteiger partial charge in [-0.15, -0.1) is 0 Å². The Labute approximate surface area is 186 Å². The minimum atomic E-state index is -0.795. The number of amides is 2. The zero-order valence-corrected chi connectivity index (χ0v) is 17.6. The Hall–Kier alpha value is -3.92. The Morgan fingerprint density at radius 2 is 1.97 bits per heavy atom. The van der Waals surface area contributed by atoms with Gasteiger partial charge >= 0.3 is 11.7 Å². The van der Waals surface area contributed by atoms with Crippen LogP contribution >= 0.6 is 11.3 Å². The molecule has 0 saturated carbocycles. The Morgan fingerprint density at radius 1 is 1.22 bits per heavy atom. The summed E-state index contributed by atoms with van der Waals surface area (Å²) in [6.07, 6.45) is 0. The predicted octanol–water partition coefficient (Wildman–Crippen LogP) is 4.82. The van der Waals surface area contributed by atoms with Crippen LogP contribution in [0, 0.1) is 15.9 Å². The number of carbonyl (C=O) groups is 1. The van der Waals surface area contributed by atoms with E-state index in [2.05, 4.69) is 10.6 Å². The fourth-order valence-corrected chi connectivity index (χ4v) is 4.23. The molecule has 3 N–H and O–H groups in total. The minimum absolute atomic E-state index is 0.0579. The van der Waals surface area contributed by atoms with Crippen LogP contribution in [0.1, 0.15) is 29.7 Å². The molecule has 1 aromatic heterocycles. The van der Waals surface area contributed by atoms with Crippen molar-refractivity contribution in [3.05, 3.63) is 85.8 Å². The lowest BCUT2D eigenvalue weighted by Crippen LogP contribution is -2.42. The summed E-state index contributed by atoms with van der Waals surface area (Å²) in [4.78, 5) is 23.4. The van der Waals surface area contributed by atoms with Crippen LogP contribution in [0.3, 0.4) is 0 Å². The van der Waals surface area contributed by atoms with Crippen LogP contribution in [-0.4, -0.2) is 22.7 Å². The fraction of sp³-hybridized carbons (Fsp3) is 0.136. The van der Waals surface area contributed by atoms with Crippen LogP contribution in [-0.2, 0) is 0 Å². The largest absolute Gasteiger partial charge is 0.500 e. The van der Waals surface area contributed by atoms with Crippen molar-refractivity contribution < 1.29 is 24.0 Å². The molecule has 0 spiro atoms. The van der Waals surface area contributed by atoms with Gasteiger partial charge in [0.05, 0.1) is 23.3 Å². The number of carbonyl (C=O) groups excluding carboxylic acids is 1. The number of phenols is 1. The van der Waals surface area contributed by atoms with Crippen molar-refractivity contribution in [1.82, 2.24) is 10.6 Å². The molecule has 2 amide bonds. The van der Waals surface area contributed by atoms with Gasteiger partial charge in [-0.05, 0) is 70.8 Å². The van der Waals surface area contributed by atoms with E-state index in [9.17, 15) is 24.4 Å². The zero-order chi connectivity index (χ0) is 22.8. The maximum atomic E-state index is 13.5. The quantitative estimate of drug-likeness (QED) is 0.364. The van der Waals surface area contributed by atoms with Crippen molar-refractivity contribution in [2.75, 3.05) is 6.61 Å². The Kier molecular flexibility index (Phi) is 5.78. The highest BCUT2D eigenvalue weighted by atomic mass is 32.1. The maximum Gasteiger partial charge on any atom is 0.320 e. The number of halogens is 1. The summed E-state index contributed by atoms with van der Waals surface area (Å²) in [5.74, 6) is -1.06. The van der Waals surface area contributed by atoms with Gasteiger partial charge in [0.15, 0.2) is 5.75 Å². The third-order valence-corrected chi connectivity index (χ3v) is 5.63. The van der Waals surface area contributed by atoms with E-state index in [1.54, 1.807) is 19.1 Å². The molecule has 0 radical (unpaired) electrons. The van der Waals surface area contributed by atoms with Crippen LogP contribution < -0.4 is 15.4 Å². The highest BCUT2D eigenvalue weighted by Crippen LogP contribution is 2.44. The normalized spacial score (nSPS) is 15.8. The second-order valence-corrected chi connectivity index (χ2v) is 7.70. The van der Waals surface area contributed by atoms with E-state index >= 15 is 0 Å². The fourth-order valence-electron chi connectivity index (χ4n) is 3.57. The van der Waals surface area contributed by atoms with Gasteiger partial charge in [0.25, 0.3) is 0 Å². The molecule has 1 aliphatic rings. The van der Waals surface area contributed by atoms with E-state index in [1.165, 1.54) is 35.6 Å². The second kappa shape index (κ2) is 8.67. The molecule has 2 aromatic carbocycles. The molecule has 32 heavy (non-hydrogen) atoms. The van der Waals surface area contributed by atoms with Gasteiger partial charge < -0.3 is 20.5 Å². The maximum absolute atomic E-state index is 13.5. The average molecular weight is 455 g/mol. The van der Waals surface area contributed by atoms with Crippen molar-refractivity contribution >= 4 is 34.3 Å². The predicted molar refractivity (Wildman–Crippen MR) is 118 cm³/mol. The monoisotopic (exact) mass is 455 g/mol. The number of urea groups is 1. The van der Waals surface area contributed by atoms with Crippen molar-refractivity contribution in [1.29, 1.82) is 0 Å². The number of nitrogens with zero attached hydrogens (tertiary/aromatic N) is 1. The lowest BCUT2D eigenvalue weighted by atomic mass is 9.88. The van der Waals surface area contributed by atoms with Crippen LogP contribution in [0.25, 0.3) is 11.3 Å². The first-order chi connectivity index (χ1) is 15.4. The second-order valence-electron chi connectivity index (χ2n) is 6.92. The van der Waals surface area contributed by atoms with Gasteiger partial charge in [0, 0.05) is 11.6 Å². The number of nitro groups is 1. The van der Waals surface area contributed by atoms with Crippen molar-refractivity contribution in [2.24, 2.45) is 0 Å². The lowest BCUT2D eigenvalue weighted by molar-refractivity contribution is -0.386. The van der Waals surface area contributed by atoms with Crippen LogP contribution in [0.15, 0.2) is 53.2 Å². The summed E-state index contributed by atoms with van der Waals surface area (Å²) < 4.78 is 18.9. The Balaban J connectivity index is 1.96. The minimum Gasteiger partial charge on any atom is -0.500 e.